The Kier molecular flexibility index (Phi) is 5.75. The second-order valence-corrected chi connectivity index (χ2v) is 7.80. The molecule has 2 aromatic rings. The molecule has 2 aromatic carbocycles. The molecule has 0 aliphatic carbocycles. The minimum absolute atomic E-state index is 0.140. The molecule has 0 aliphatic rings. The molecular formula is C19H25NO4S. The first kappa shape index (κ1) is 19.3. The summed E-state index contributed by atoms with van der Waals surface area (Å²) in [6.45, 7) is 7.66. The van der Waals surface area contributed by atoms with E-state index in [0.717, 1.165) is 27.8 Å². The quantitative estimate of drug-likeness (QED) is 0.854. The Bertz CT molecular complexity index is 863. The first-order valence-corrected chi connectivity index (χ1v) is 9.47. The number of ether oxygens (including phenoxy) is 2. The summed E-state index contributed by atoms with van der Waals surface area (Å²) in [7, 11) is -0.523. The van der Waals surface area contributed by atoms with E-state index in [9.17, 15) is 8.42 Å². The predicted octanol–water partition coefficient (Wildman–Crippen LogP) is 3.42. The zero-order chi connectivity index (χ0) is 18.8. The SMILES string of the molecule is COc1ccc(CNS(=O)(=O)c2c(C)c(C)cc(C)c2C)c(OC)c1. The van der Waals surface area contributed by atoms with Crippen LogP contribution in [0, 0.1) is 27.7 Å². The zero-order valence-electron chi connectivity index (χ0n) is 15.6. The molecule has 6 heteroatoms. The van der Waals surface area contributed by atoms with E-state index in [2.05, 4.69) is 4.72 Å². The maximum atomic E-state index is 12.9. The second kappa shape index (κ2) is 7.45. The number of aryl methyl sites for hydroxylation is 2. The number of sulfonamides is 1. The van der Waals surface area contributed by atoms with Crippen molar-refractivity contribution < 1.29 is 17.9 Å². The minimum atomic E-state index is -3.64. The largest absolute Gasteiger partial charge is 0.497 e. The van der Waals surface area contributed by atoms with Crippen molar-refractivity contribution in [2.45, 2.75) is 39.1 Å². The lowest BCUT2D eigenvalue weighted by Crippen LogP contribution is -2.25. The van der Waals surface area contributed by atoms with E-state index < -0.39 is 10.0 Å². The number of methoxy groups -OCH3 is 2. The van der Waals surface area contributed by atoms with Gasteiger partial charge in [0, 0.05) is 18.2 Å². The second-order valence-electron chi connectivity index (χ2n) is 6.09. The van der Waals surface area contributed by atoms with Crippen LogP contribution in [0.2, 0.25) is 0 Å². The van der Waals surface area contributed by atoms with Crippen LogP contribution < -0.4 is 14.2 Å². The van der Waals surface area contributed by atoms with Crippen molar-refractivity contribution in [1.29, 1.82) is 0 Å². The predicted molar refractivity (Wildman–Crippen MR) is 99.0 cm³/mol. The molecule has 0 amide bonds. The Morgan fingerprint density at radius 2 is 1.52 bits per heavy atom. The van der Waals surface area contributed by atoms with E-state index in [4.69, 9.17) is 9.47 Å². The zero-order valence-corrected chi connectivity index (χ0v) is 16.4. The van der Waals surface area contributed by atoms with Gasteiger partial charge in [-0.2, -0.15) is 0 Å². The van der Waals surface area contributed by atoms with Crippen molar-refractivity contribution in [2.24, 2.45) is 0 Å². The molecule has 136 valence electrons. The van der Waals surface area contributed by atoms with Gasteiger partial charge in [0.25, 0.3) is 0 Å². The molecule has 0 saturated heterocycles. The molecule has 1 N–H and O–H groups in total. The van der Waals surface area contributed by atoms with Crippen molar-refractivity contribution in [2.75, 3.05) is 14.2 Å². The number of hydrogen-bond donors (Lipinski definition) is 1. The Balaban J connectivity index is 2.36. The molecule has 25 heavy (non-hydrogen) atoms. The molecule has 0 unspecified atom stereocenters. The lowest BCUT2D eigenvalue weighted by atomic mass is 10.0. The first-order valence-electron chi connectivity index (χ1n) is 7.99. The third-order valence-electron chi connectivity index (χ3n) is 4.51. The van der Waals surface area contributed by atoms with Gasteiger partial charge in [0.15, 0.2) is 0 Å². The van der Waals surface area contributed by atoms with Gasteiger partial charge in [0.2, 0.25) is 10.0 Å². The summed E-state index contributed by atoms with van der Waals surface area (Å²) in [4.78, 5) is 0.359. The molecule has 2 rings (SSSR count). The van der Waals surface area contributed by atoms with Gasteiger partial charge in [0.1, 0.15) is 11.5 Å². The highest BCUT2D eigenvalue weighted by Gasteiger charge is 2.22. The normalized spacial score (nSPS) is 11.4. The molecule has 0 radical (unpaired) electrons. The highest BCUT2D eigenvalue weighted by molar-refractivity contribution is 7.89. The fourth-order valence-corrected chi connectivity index (χ4v) is 4.44. The number of hydrogen-bond acceptors (Lipinski definition) is 4. The van der Waals surface area contributed by atoms with Crippen LogP contribution in [0.25, 0.3) is 0 Å². The highest BCUT2D eigenvalue weighted by atomic mass is 32.2. The lowest BCUT2D eigenvalue weighted by molar-refractivity contribution is 0.390. The average Bonchev–Trinajstić information content (AvgIpc) is 2.58. The molecule has 0 bridgehead atoms. The third kappa shape index (κ3) is 3.96. The van der Waals surface area contributed by atoms with E-state index >= 15 is 0 Å². The van der Waals surface area contributed by atoms with E-state index in [0.29, 0.717) is 16.4 Å². The van der Waals surface area contributed by atoms with Gasteiger partial charge in [-0.15, -0.1) is 0 Å². The van der Waals surface area contributed by atoms with Crippen LogP contribution in [-0.2, 0) is 16.6 Å². The fraction of sp³-hybridized carbons (Fsp3) is 0.368. The summed E-state index contributed by atoms with van der Waals surface area (Å²) < 4.78 is 39.0. The highest BCUT2D eigenvalue weighted by Crippen LogP contribution is 2.28. The topological polar surface area (TPSA) is 64.6 Å². The van der Waals surface area contributed by atoms with Crippen molar-refractivity contribution in [3.63, 3.8) is 0 Å². The van der Waals surface area contributed by atoms with Crippen molar-refractivity contribution in [3.8, 4) is 11.5 Å². The van der Waals surface area contributed by atoms with Gasteiger partial charge in [-0.05, 0) is 56.0 Å². The summed E-state index contributed by atoms with van der Waals surface area (Å²) in [5.74, 6) is 1.24. The minimum Gasteiger partial charge on any atom is -0.497 e. The summed E-state index contributed by atoms with van der Waals surface area (Å²) in [5.41, 5.74) is 4.22. The molecule has 0 spiro atoms. The maximum absolute atomic E-state index is 12.9. The molecule has 0 saturated carbocycles. The molecule has 0 fully saturated rings. The van der Waals surface area contributed by atoms with Gasteiger partial charge < -0.3 is 9.47 Å². The van der Waals surface area contributed by atoms with E-state index in [1.807, 2.05) is 33.8 Å². The molecular weight excluding hydrogens is 338 g/mol. The van der Waals surface area contributed by atoms with Gasteiger partial charge >= 0.3 is 0 Å². The third-order valence-corrected chi connectivity index (χ3v) is 6.19. The fourth-order valence-electron chi connectivity index (χ4n) is 2.83. The average molecular weight is 363 g/mol. The van der Waals surface area contributed by atoms with Gasteiger partial charge in [-0.3, -0.25) is 0 Å². The Labute approximate surface area is 150 Å². The molecule has 0 aliphatic heterocycles. The Morgan fingerprint density at radius 1 is 0.920 bits per heavy atom. The van der Waals surface area contributed by atoms with E-state index in [1.54, 1.807) is 32.4 Å². The van der Waals surface area contributed by atoms with Crippen LogP contribution in [0.3, 0.4) is 0 Å². The Morgan fingerprint density at radius 3 is 2.04 bits per heavy atom. The monoisotopic (exact) mass is 363 g/mol. The molecule has 5 nitrogen and oxygen atoms in total. The smallest absolute Gasteiger partial charge is 0.241 e. The summed E-state index contributed by atoms with van der Waals surface area (Å²) in [6, 6.07) is 7.31. The summed E-state index contributed by atoms with van der Waals surface area (Å²) in [6.07, 6.45) is 0. The van der Waals surface area contributed by atoms with Crippen LogP contribution in [0.15, 0.2) is 29.2 Å². The van der Waals surface area contributed by atoms with E-state index in [-0.39, 0.29) is 6.54 Å². The standard InChI is InChI=1S/C19H25NO4S/c1-12-9-13(2)15(4)19(14(12)3)25(21,22)20-11-16-7-8-17(23-5)10-18(16)24-6/h7-10,20H,11H2,1-6H3. The van der Waals surface area contributed by atoms with Crippen LogP contribution in [0.1, 0.15) is 27.8 Å². The number of benzene rings is 2. The van der Waals surface area contributed by atoms with Crippen LogP contribution in [0.4, 0.5) is 0 Å². The van der Waals surface area contributed by atoms with Crippen LogP contribution in [-0.4, -0.2) is 22.6 Å². The van der Waals surface area contributed by atoms with Crippen LogP contribution in [0.5, 0.6) is 11.5 Å². The maximum Gasteiger partial charge on any atom is 0.241 e. The van der Waals surface area contributed by atoms with E-state index in [1.165, 1.54) is 0 Å². The van der Waals surface area contributed by atoms with Crippen molar-refractivity contribution >= 4 is 10.0 Å². The van der Waals surface area contributed by atoms with Crippen molar-refractivity contribution in [3.05, 3.63) is 52.1 Å². The number of nitrogens with one attached hydrogen (secondary N) is 1. The van der Waals surface area contributed by atoms with Gasteiger partial charge in [-0.1, -0.05) is 12.1 Å². The molecule has 0 heterocycles. The van der Waals surface area contributed by atoms with Gasteiger partial charge in [-0.25, -0.2) is 13.1 Å². The summed E-state index contributed by atoms with van der Waals surface area (Å²) in [5, 5.41) is 0. The molecule has 0 atom stereocenters. The molecule has 0 aromatic heterocycles. The number of rotatable bonds is 6. The lowest BCUT2D eigenvalue weighted by Gasteiger charge is -2.17. The van der Waals surface area contributed by atoms with Gasteiger partial charge in [0.05, 0.1) is 19.1 Å². The first-order chi connectivity index (χ1) is 11.7. The van der Waals surface area contributed by atoms with Crippen LogP contribution >= 0.6 is 0 Å². The Hall–Kier alpha value is -2.05. The summed E-state index contributed by atoms with van der Waals surface area (Å²) >= 11 is 0. The van der Waals surface area contributed by atoms with Crippen molar-refractivity contribution in [1.82, 2.24) is 4.72 Å².